The van der Waals surface area contributed by atoms with Gasteiger partial charge in [-0.15, -0.1) is 0 Å². The van der Waals surface area contributed by atoms with Gasteiger partial charge in [-0.25, -0.2) is 9.59 Å². The lowest BCUT2D eigenvalue weighted by Crippen LogP contribution is -2.50. The fourth-order valence-electron chi connectivity index (χ4n) is 3.93. The van der Waals surface area contributed by atoms with E-state index >= 15 is 0 Å². The smallest absolute Gasteiger partial charge is 0.350 e. The van der Waals surface area contributed by atoms with E-state index in [9.17, 15) is 9.59 Å². The highest BCUT2D eigenvalue weighted by Gasteiger charge is 2.39. The fraction of sp³-hybridized carbons (Fsp3) is 0.500. The van der Waals surface area contributed by atoms with Crippen LogP contribution in [0.1, 0.15) is 26.7 Å². The van der Waals surface area contributed by atoms with Crippen molar-refractivity contribution in [2.75, 3.05) is 36.4 Å². The Morgan fingerprint density at radius 1 is 1.07 bits per heavy atom. The van der Waals surface area contributed by atoms with E-state index in [2.05, 4.69) is 27.2 Å². The summed E-state index contributed by atoms with van der Waals surface area (Å²) < 4.78 is 10.2. The SMILES string of the molecule is CC1(C)OC(=O)C(=CNc2ccc(N3CCN4CCCC4C3)cc2)C(=O)O1. The first-order chi connectivity index (χ1) is 12.9. The first-order valence-corrected chi connectivity index (χ1v) is 9.44. The minimum Gasteiger partial charge on any atom is -0.419 e. The molecule has 0 aromatic heterocycles. The van der Waals surface area contributed by atoms with E-state index in [0.717, 1.165) is 25.3 Å². The Labute approximate surface area is 158 Å². The number of carbonyl (C=O) groups excluding carboxylic acids is 2. The number of hydrogen-bond acceptors (Lipinski definition) is 7. The number of rotatable bonds is 3. The topological polar surface area (TPSA) is 71.1 Å². The molecule has 0 saturated carbocycles. The maximum absolute atomic E-state index is 12.0. The Morgan fingerprint density at radius 2 is 1.78 bits per heavy atom. The number of cyclic esters (lactones) is 2. The van der Waals surface area contributed by atoms with Crippen LogP contribution in [0.2, 0.25) is 0 Å². The van der Waals surface area contributed by atoms with Gasteiger partial charge < -0.3 is 19.7 Å². The van der Waals surface area contributed by atoms with E-state index in [1.807, 2.05) is 12.1 Å². The zero-order valence-electron chi connectivity index (χ0n) is 15.7. The Hall–Kier alpha value is -2.54. The predicted octanol–water partition coefficient (Wildman–Crippen LogP) is 2.10. The van der Waals surface area contributed by atoms with Crippen LogP contribution >= 0.6 is 0 Å². The van der Waals surface area contributed by atoms with Crippen molar-refractivity contribution in [3.05, 3.63) is 36.0 Å². The normalized spacial score (nSPS) is 24.9. The van der Waals surface area contributed by atoms with Gasteiger partial charge in [0.15, 0.2) is 5.57 Å². The standard InChI is InChI=1S/C20H25N3O4/c1-20(2)26-18(24)17(19(25)27-20)12-21-14-5-7-15(8-6-14)23-11-10-22-9-3-4-16(22)13-23/h5-8,12,16,21H,3-4,9-11,13H2,1-2H3. The molecule has 3 aliphatic rings. The third-order valence-electron chi connectivity index (χ3n) is 5.32. The lowest BCUT2D eigenvalue weighted by Gasteiger charge is -2.38. The average molecular weight is 371 g/mol. The summed E-state index contributed by atoms with van der Waals surface area (Å²) in [7, 11) is 0. The van der Waals surface area contributed by atoms with Crippen molar-refractivity contribution < 1.29 is 19.1 Å². The quantitative estimate of drug-likeness (QED) is 0.496. The van der Waals surface area contributed by atoms with Gasteiger partial charge in [-0.2, -0.15) is 0 Å². The van der Waals surface area contributed by atoms with Crippen molar-refractivity contribution in [1.82, 2.24) is 4.90 Å². The number of fused-ring (bicyclic) bond motifs is 1. The molecule has 0 bridgehead atoms. The zero-order valence-corrected chi connectivity index (χ0v) is 15.7. The minimum atomic E-state index is -1.23. The molecule has 7 nitrogen and oxygen atoms in total. The maximum atomic E-state index is 12.0. The third-order valence-corrected chi connectivity index (χ3v) is 5.32. The summed E-state index contributed by atoms with van der Waals surface area (Å²) in [5, 5.41) is 2.98. The lowest BCUT2D eigenvalue weighted by molar-refractivity contribution is -0.222. The molecule has 3 heterocycles. The van der Waals surface area contributed by atoms with E-state index in [1.54, 1.807) is 0 Å². The summed E-state index contributed by atoms with van der Waals surface area (Å²) in [6.07, 6.45) is 3.93. The van der Waals surface area contributed by atoms with E-state index in [1.165, 1.54) is 45.1 Å². The van der Waals surface area contributed by atoms with E-state index in [0.29, 0.717) is 6.04 Å². The Balaban J connectivity index is 1.39. The van der Waals surface area contributed by atoms with Crippen molar-refractivity contribution in [3.8, 4) is 0 Å². The van der Waals surface area contributed by atoms with Crippen molar-refractivity contribution in [3.63, 3.8) is 0 Å². The second-order valence-corrected chi connectivity index (χ2v) is 7.71. The molecule has 0 aliphatic carbocycles. The van der Waals surface area contributed by atoms with Gasteiger partial charge in [0.1, 0.15) is 0 Å². The molecule has 1 N–H and O–H groups in total. The molecular formula is C20H25N3O4. The summed E-state index contributed by atoms with van der Waals surface area (Å²) in [4.78, 5) is 28.9. The Kier molecular flexibility index (Phi) is 4.55. The molecule has 27 heavy (non-hydrogen) atoms. The van der Waals surface area contributed by atoms with Gasteiger partial charge in [0, 0.05) is 57.1 Å². The molecule has 7 heteroatoms. The van der Waals surface area contributed by atoms with E-state index < -0.39 is 17.7 Å². The van der Waals surface area contributed by atoms with Crippen LogP contribution in [0.4, 0.5) is 11.4 Å². The van der Waals surface area contributed by atoms with Crippen LogP contribution in [0.15, 0.2) is 36.0 Å². The zero-order chi connectivity index (χ0) is 19.0. The average Bonchev–Trinajstić information content (AvgIpc) is 3.08. The van der Waals surface area contributed by atoms with Crippen molar-refractivity contribution in [1.29, 1.82) is 0 Å². The molecule has 1 aromatic carbocycles. The second kappa shape index (κ2) is 6.88. The summed E-state index contributed by atoms with van der Waals surface area (Å²) >= 11 is 0. The van der Waals surface area contributed by atoms with E-state index in [4.69, 9.17) is 9.47 Å². The number of piperazine rings is 1. The molecule has 0 spiro atoms. The molecule has 144 valence electrons. The summed E-state index contributed by atoms with van der Waals surface area (Å²) in [6.45, 7) is 7.52. The van der Waals surface area contributed by atoms with Gasteiger partial charge in [-0.1, -0.05) is 0 Å². The monoisotopic (exact) mass is 371 g/mol. The largest absolute Gasteiger partial charge is 0.419 e. The fourth-order valence-corrected chi connectivity index (χ4v) is 3.93. The molecule has 1 atom stereocenters. The van der Waals surface area contributed by atoms with Gasteiger partial charge in [0.2, 0.25) is 0 Å². The number of nitrogens with one attached hydrogen (secondary N) is 1. The third kappa shape index (κ3) is 3.78. The van der Waals surface area contributed by atoms with Crippen LogP contribution < -0.4 is 10.2 Å². The Morgan fingerprint density at radius 3 is 2.48 bits per heavy atom. The number of hydrogen-bond donors (Lipinski definition) is 1. The highest BCUT2D eigenvalue weighted by atomic mass is 16.7. The molecule has 1 aromatic rings. The molecule has 4 rings (SSSR count). The number of nitrogens with zero attached hydrogens (tertiary/aromatic N) is 2. The summed E-state index contributed by atoms with van der Waals surface area (Å²) in [5.41, 5.74) is 1.84. The highest BCUT2D eigenvalue weighted by Crippen LogP contribution is 2.27. The molecule has 3 saturated heterocycles. The lowest BCUT2D eigenvalue weighted by atomic mass is 10.1. The molecule has 3 fully saturated rings. The van der Waals surface area contributed by atoms with Crippen LogP contribution in [0.25, 0.3) is 0 Å². The first kappa shape index (κ1) is 17.9. The van der Waals surface area contributed by atoms with E-state index in [-0.39, 0.29) is 5.57 Å². The number of ether oxygens (including phenoxy) is 2. The number of esters is 2. The number of anilines is 2. The second-order valence-electron chi connectivity index (χ2n) is 7.71. The van der Waals surface area contributed by atoms with Crippen LogP contribution in [0, 0.1) is 0 Å². The molecule has 3 aliphatic heterocycles. The van der Waals surface area contributed by atoms with Gasteiger partial charge in [0.05, 0.1) is 0 Å². The molecule has 0 radical (unpaired) electrons. The van der Waals surface area contributed by atoms with Crippen LogP contribution in [-0.2, 0) is 19.1 Å². The van der Waals surface area contributed by atoms with Crippen LogP contribution in [-0.4, -0.2) is 54.8 Å². The van der Waals surface area contributed by atoms with Crippen molar-refractivity contribution in [2.24, 2.45) is 0 Å². The summed E-state index contributed by atoms with van der Waals surface area (Å²) in [6, 6.07) is 8.68. The Bertz CT molecular complexity index is 750. The molecule has 0 amide bonds. The van der Waals surface area contributed by atoms with Gasteiger partial charge in [-0.3, -0.25) is 4.90 Å². The molecule has 1 unspecified atom stereocenters. The van der Waals surface area contributed by atoms with Crippen molar-refractivity contribution >= 4 is 23.3 Å². The predicted molar refractivity (Wildman–Crippen MR) is 101 cm³/mol. The van der Waals surface area contributed by atoms with Crippen LogP contribution in [0.3, 0.4) is 0 Å². The maximum Gasteiger partial charge on any atom is 0.350 e. The van der Waals surface area contributed by atoms with Gasteiger partial charge in [-0.05, 0) is 43.7 Å². The highest BCUT2D eigenvalue weighted by molar-refractivity contribution is 6.15. The summed E-state index contributed by atoms with van der Waals surface area (Å²) in [5.74, 6) is -2.60. The number of benzene rings is 1. The minimum absolute atomic E-state index is 0.143. The first-order valence-electron chi connectivity index (χ1n) is 9.44. The van der Waals surface area contributed by atoms with Gasteiger partial charge in [0.25, 0.3) is 5.79 Å². The number of carbonyl (C=O) groups is 2. The van der Waals surface area contributed by atoms with Crippen molar-refractivity contribution in [2.45, 2.75) is 38.5 Å². The van der Waals surface area contributed by atoms with Gasteiger partial charge >= 0.3 is 11.9 Å². The molecular weight excluding hydrogens is 346 g/mol. The van der Waals surface area contributed by atoms with Crippen LogP contribution in [0.5, 0.6) is 0 Å².